The zero-order valence-corrected chi connectivity index (χ0v) is 11.0. The first-order chi connectivity index (χ1) is 8.42. The lowest BCUT2D eigenvalue weighted by molar-refractivity contribution is 0.0635. The Labute approximate surface area is 107 Å². The third-order valence-electron chi connectivity index (χ3n) is 1.90. The van der Waals surface area contributed by atoms with E-state index in [1.54, 1.807) is 12.1 Å². The molecule has 1 aromatic rings. The fourth-order valence-corrected chi connectivity index (χ4v) is 1.28. The van der Waals surface area contributed by atoms with Gasteiger partial charge in [-0.25, -0.2) is 4.79 Å². The standard InChI is InChI=1S/C13H20N2O3/c1-13(2,3)18-12(16)15-10-6-4-5-7-11(10)17-9-8-14/h4-7H,8-9,14H2,1-3H3,(H,15,16). The highest BCUT2D eigenvalue weighted by Gasteiger charge is 2.17. The average molecular weight is 252 g/mol. The average Bonchev–Trinajstić information content (AvgIpc) is 2.25. The summed E-state index contributed by atoms with van der Waals surface area (Å²) in [6, 6.07) is 7.15. The van der Waals surface area contributed by atoms with Gasteiger partial charge in [-0.05, 0) is 32.9 Å². The van der Waals surface area contributed by atoms with Gasteiger partial charge in [-0.3, -0.25) is 5.32 Å². The fraction of sp³-hybridized carbons (Fsp3) is 0.462. The van der Waals surface area contributed by atoms with Crippen LogP contribution in [-0.4, -0.2) is 24.8 Å². The van der Waals surface area contributed by atoms with E-state index in [9.17, 15) is 4.79 Å². The molecule has 0 atom stereocenters. The van der Waals surface area contributed by atoms with E-state index in [0.717, 1.165) is 0 Å². The number of nitrogens with one attached hydrogen (secondary N) is 1. The second kappa shape index (κ2) is 6.26. The molecule has 0 spiro atoms. The molecule has 5 heteroatoms. The molecule has 0 saturated heterocycles. The largest absolute Gasteiger partial charge is 0.490 e. The van der Waals surface area contributed by atoms with Crippen molar-refractivity contribution in [2.24, 2.45) is 5.73 Å². The Morgan fingerprint density at radius 2 is 2.00 bits per heavy atom. The summed E-state index contributed by atoms with van der Waals surface area (Å²) in [5.41, 5.74) is 5.41. The van der Waals surface area contributed by atoms with Crippen LogP contribution in [0.1, 0.15) is 20.8 Å². The molecular weight excluding hydrogens is 232 g/mol. The number of benzene rings is 1. The number of anilines is 1. The fourth-order valence-electron chi connectivity index (χ4n) is 1.28. The number of rotatable bonds is 4. The van der Waals surface area contributed by atoms with Crippen molar-refractivity contribution in [2.45, 2.75) is 26.4 Å². The van der Waals surface area contributed by atoms with Crippen LogP contribution in [0.2, 0.25) is 0 Å². The molecule has 0 aliphatic heterocycles. The van der Waals surface area contributed by atoms with Crippen LogP contribution in [-0.2, 0) is 4.74 Å². The minimum atomic E-state index is -0.531. The minimum absolute atomic E-state index is 0.396. The highest BCUT2D eigenvalue weighted by atomic mass is 16.6. The van der Waals surface area contributed by atoms with Gasteiger partial charge in [0.1, 0.15) is 18.0 Å². The molecule has 0 fully saturated rings. The van der Waals surface area contributed by atoms with E-state index < -0.39 is 11.7 Å². The number of amides is 1. The monoisotopic (exact) mass is 252 g/mol. The summed E-state index contributed by atoms with van der Waals surface area (Å²) in [5.74, 6) is 0.578. The Kier molecular flexibility index (Phi) is 4.97. The van der Waals surface area contributed by atoms with Crippen molar-refractivity contribution in [1.82, 2.24) is 0 Å². The van der Waals surface area contributed by atoms with Crippen molar-refractivity contribution in [3.8, 4) is 5.75 Å². The van der Waals surface area contributed by atoms with Gasteiger partial charge in [0.15, 0.2) is 0 Å². The first kappa shape index (κ1) is 14.3. The molecule has 5 nitrogen and oxygen atoms in total. The number of carbonyl (C=O) groups is 1. The van der Waals surface area contributed by atoms with Crippen molar-refractivity contribution in [3.05, 3.63) is 24.3 Å². The number of carbonyl (C=O) groups excluding carboxylic acids is 1. The zero-order chi connectivity index (χ0) is 13.6. The maximum absolute atomic E-state index is 11.6. The molecule has 0 radical (unpaired) electrons. The Hall–Kier alpha value is -1.75. The molecule has 1 rings (SSSR count). The van der Waals surface area contributed by atoms with Crippen LogP contribution in [0.15, 0.2) is 24.3 Å². The number of nitrogens with two attached hydrogens (primary N) is 1. The van der Waals surface area contributed by atoms with E-state index >= 15 is 0 Å². The second-order valence-corrected chi connectivity index (χ2v) is 4.76. The molecule has 0 heterocycles. The summed E-state index contributed by atoms with van der Waals surface area (Å²) in [6.07, 6.45) is -0.508. The molecule has 18 heavy (non-hydrogen) atoms. The topological polar surface area (TPSA) is 73.6 Å². The van der Waals surface area contributed by atoms with E-state index in [2.05, 4.69) is 5.32 Å². The number of ether oxygens (including phenoxy) is 2. The van der Waals surface area contributed by atoms with E-state index in [4.69, 9.17) is 15.2 Å². The lowest BCUT2D eigenvalue weighted by atomic mass is 10.2. The molecule has 0 aliphatic rings. The molecule has 1 amide bonds. The summed E-state index contributed by atoms with van der Waals surface area (Å²) in [6.45, 7) is 6.24. The Bertz CT molecular complexity index is 399. The van der Waals surface area contributed by atoms with Crippen molar-refractivity contribution < 1.29 is 14.3 Å². The Morgan fingerprint density at radius 1 is 1.33 bits per heavy atom. The highest BCUT2D eigenvalue weighted by molar-refractivity contribution is 5.86. The summed E-state index contributed by atoms with van der Waals surface area (Å²) in [4.78, 5) is 11.6. The number of hydrogen-bond donors (Lipinski definition) is 2. The summed E-state index contributed by atoms with van der Waals surface area (Å²) < 4.78 is 10.6. The predicted octanol–water partition coefficient (Wildman–Crippen LogP) is 2.37. The first-order valence-corrected chi connectivity index (χ1v) is 5.84. The van der Waals surface area contributed by atoms with E-state index in [1.807, 2.05) is 32.9 Å². The molecule has 0 saturated carbocycles. The van der Waals surface area contributed by atoms with Crippen LogP contribution in [0.5, 0.6) is 5.75 Å². The lowest BCUT2D eigenvalue weighted by Gasteiger charge is -2.20. The van der Waals surface area contributed by atoms with Gasteiger partial charge in [-0.15, -0.1) is 0 Å². The van der Waals surface area contributed by atoms with Gasteiger partial charge in [0.05, 0.1) is 5.69 Å². The molecule has 1 aromatic carbocycles. The van der Waals surface area contributed by atoms with Crippen LogP contribution in [0.25, 0.3) is 0 Å². The van der Waals surface area contributed by atoms with Crippen molar-refractivity contribution in [2.75, 3.05) is 18.5 Å². The number of para-hydroxylation sites is 2. The summed E-state index contributed by atoms with van der Waals surface area (Å²) in [5, 5.41) is 2.65. The van der Waals surface area contributed by atoms with Crippen molar-refractivity contribution in [3.63, 3.8) is 0 Å². The normalized spacial score (nSPS) is 10.9. The van der Waals surface area contributed by atoms with Crippen LogP contribution in [0.3, 0.4) is 0 Å². The second-order valence-electron chi connectivity index (χ2n) is 4.76. The van der Waals surface area contributed by atoms with Crippen LogP contribution in [0.4, 0.5) is 10.5 Å². The van der Waals surface area contributed by atoms with Gasteiger partial charge in [0.25, 0.3) is 0 Å². The third-order valence-corrected chi connectivity index (χ3v) is 1.90. The molecule has 0 bridgehead atoms. The zero-order valence-electron chi connectivity index (χ0n) is 11.0. The van der Waals surface area contributed by atoms with Gasteiger partial charge >= 0.3 is 6.09 Å². The quantitative estimate of drug-likeness (QED) is 0.862. The lowest BCUT2D eigenvalue weighted by Crippen LogP contribution is -2.27. The van der Waals surface area contributed by atoms with Gasteiger partial charge < -0.3 is 15.2 Å². The van der Waals surface area contributed by atoms with Gasteiger partial charge in [-0.2, -0.15) is 0 Å². The van der Waals surface area contributed by atoms with Gasteiger partial charge in [-0.1, -0.05) is 12.1 Å². The minimum Gasteiger partial charge on any atom is -0.490 e. The molecular formula is C13H20N2O3. The van der Waals surface area contributed by atoms with Gasteiger partial charge in [0, 0.05) is 6.54 Å². The van der Waals surface area contributed by atoms with Crippen LogP contribution < -0.4 is 15.8 Å². The summed E-state index contributed by atoms with van der Waals surface area (Å²) >= 11 is 0. The van der Waals surface area contributed by atoms with Crippen LogP contribution >= 0.6 is 0 Å². The molecule has 0 aliphatic carbocycles. The third kappa shape index (κ3) is 5.05. The molecule has 0 aromatic heterocycles. The summed E-state index contributed by atoms with van der Waals surface area (Å²) in [7, 11) is 0. The number of hydrogen-bond acceptors (Lipinski definition) is 4. The Morgan fingerprint density at radius 3 is 2.61 bits per heavy atom. The first-order valence-electron chi connectivity index (χ1n) is 5.84. The van der Waals surface area contributed by atoms with E-state index in [-0.39, 0.29) is 0 Å². The SMILES string of the molecule is CC(C)(C)OC(=O)Nc1ccccc1OCCN. The highest BCUT2D eigenvalue weighted by Crippen LogP contribution is 2.24. The molecule has 100 valence electrons. The predicted molar refractivity (Wildman–Crippen MR) is 70.8 cm³/mol. The smallest absolute Gasteiger partial charge is 0.412 e. The van der Waals surface area contributed by atoms with Crippen molar-refractivity contribution >= 4 is 11.8 Å². The maximum Gasteiger partial charge on any atom is 0.412 e. The molecule has 3 N–H and O–H groups in total. The van der Waals surface area contributed by atoms with Gasteiger partial charge in [0.2, 0.25) is 0 Å². The maximum atomic E-state index is 11.6. The molecule has 0 unspecified atom stereocenters. The Balaban J connectivity index is 2.68. The van der Waals surface area contributed by atoms with Crippen LogP contribution in [0, 0.1) is 0 Å². The van der Waals surface area contributed by atoms with Crippen molar-refractivity contribution in [1.29, 1.82) is 0 Å². The van der Waals surface area contributed by atoms with E-state index in [1.165, 1.54) is 0 Å². The van der Waals surface area contributed by atoms with E-state index in [0.29, 0.717) is 24.6 Å².